The third-order valence-corrected chi connectivity index (χ3v) is 2.42. The van der Waals surface area contributed by atoms with Crippen LogP contribution in [0.15, 0.2) is 30.3 Å². The van der Waals surface area contributed by atoms with Crippen LogP contribution >= 0.6 is 0 Å². The van der Waals surface area contributed by atoms with Gasteiger partial charge in [0.05, 0.1) is 21.1 Å². The highest BCUT2D eigenvalue weighted by atomic mass is 16.5. The van der Waals surface area contributed by atoms with Gasteiger partial charge >= 0.3 is 11.9 Å². The molecule has 0 aliphatic heterocycles. The molecule has 1 unspecified atom stereocenters. The first-order chi connectivity index (χ1) is 9.63. The molecular formula is C15H24NO5+. The number of nitrogens with zero attached hydrogens (tertiary/aromatic N) is 1. The molecule has 0 aliphatic carbocycles. The fraction of sp³-hybridized carbons (Fsp3) is 0.467. The van der Waals surface area contributed by atoms with Crippen molar-refractivity contribution in [3.63, 3.8) is 0 Å². The third-order valence-electron chi connectivity index (χ3n) is 2.42. The van der Waals surface area contributed by atoms with Crippen molar-refractivity contribution in [1.29, 1.82) is 0 Å². The average Bonchev–Trinajstić information content (AvgIpc) is 2.37. The van der Waals surface area contributed by atoms with E-state index in [2.05, 4.69) is 21.1 Å². The molecule has 118 valence electrons. The maximum atomic E-state index is 10.3. The molecule has 1 aromatic carbocycles. The maximum Gasteiger partial charge on any atom is 0.337 e. The maximum absolute atomic E-state index is 10.3. The lowest BCUT2D eigenvalue weighted by Gasteiger charge is -2.23. The molecule has 0 saturated carbocycles. The Balaban J connectivity index is 0.000000384. The Morgan fingerprint density at radius 1 is 1.19 bits per heavy atom. The molecule has 0 aliphatic rings. The summed E-state index contributed by atoms with van der Waals surface area (Å²) < 4.78 is 5.59. The minimum Gasteiger partial charge on any atom is -0.479 e. The minimum absolute atomic E-state index is 0.201. The second-order valence-corrected chi connectivity index (χ2v) is 5.51. The number of benzene rings is 1. The van der Waals surface area contributed by atoms with Crippen molar-refractivity contribution in [3.05, 3.63) is 35.9 Å². The van der Waals surface area contributed by atoms with Crippen LogP contribution in [0.1, 0.15) is 18.6 Å². The van der Waals surface area contributed by atoms with Crippen LogP contribution in [0.4, 0.5) is 0 Å². The quantitative estimate of drug-likeness (QED) is 0.627. The van der Waals surface area contributed by atoms with Gasteiger partial charge in [-0.15, -0.1) is 0 Å². The highest BCUT2D eigenvalue weighted by Crippen LogP contribution is 2.10. The van der Waals surface area contributed by atoms with Crippen LogP contribution in [0.5, 0.6) is 0 Å². The van der Waals surface area contributed by atoms with Gasteiger partial charge in [-0.3, -0.25) is 4.79 Å². The standard InChI is InChI=1S/C8H8O3.C7H16NO2/c9-7(8(10)11)6-4-2-1-3-5-6;1-7(9)10-6-5-8(2,3)4/h1-5,7,9H,(H,10,11);5-6H2,1-4H3/q;+1. The molecule has 2 N–H and O–H groups in total. The van der Waals surface area contributed by atoms with Gasteiger partial charge in [0.2, 0.25) is 0 Å². The second-order valence-electron chi connectivity index (χ2n) is 5.51. The van der Waals surface area contributed by atoms with Crippen molar-refractivity contribution in [2.24, 2.45) is 0 Å². The van der Waals surface area contributed by atoms with Crippen LogP contribution in [0.3, 0.4) is 0 Å². The number of quaternary nitrogens is 1. The number of carbonyl (C=O) groups is 2. The Kier molecular flexibility index (Phi) is 8.26. The molecule has 0 radical (unpaired) electrons. The molecule has 1 atom stereocenters. The average molecular weight is 298 g/mol. The zero-order valence-electron chi connectivity index (χ0n) is 12.9. The first kappa shape index (κ1) is 19.1. The number of aliphatic hydroxyl groups excluding tert-OH is 1. The number of carboxylic acid groups (broad SMARTS) is 1. The number of hydrogen-bond acceptors (Lipinski definition) is 4. The van der Waals surface area contributed by atoms with Gasteiger partial charge in [0.25, 0.3) is 0 Å². The predicted molar refractivity (Wildman–Crippen MR) is 78.6 cm³/mol. The van der Waals surface area contributed by atoms with Gasteiger partial charge in [-0.05, 0) is 5.56 Å². The summed E-state index contributed by atoms with van der Waals surface area (Å²) in [5.41, 5.74) is 0.403. The molecule has 1 aromatic rings. The minimum atomic E-state index is -1.41. The van der Waals surface area contributed by atoms with Crippen molar-refractivity contribution in [3.8, 4) is 0 Å². The SMILES string of the molecule is CC(=O)OCC[N+](C)(C)C.O=C(O)C(O)c1ccccc1. The van der Waals surface area contributed by atoms with Crippen molar-refractivity contribution < 1.29 is 29.0 Å². The normalized spacial score (nSPS) is 11.9. The van der Waals surface area contributed by atoms with Crippen LogP contribution in [0.25, 0.3) is 0 Å². The largest absolute Gasteiger partial charge is 0.479 e. The number of aliphatic hydroxyl groups is 1. The van der Waals surface area contributed by atoms with E-state index in [1.807, 2.05) is 0 Å². The van der Waals surface area contributed by atoms with Gasteiger partial charge in [0.1, 0.15) is 13.2 Å². The van der Waals surface area contributed by atoms with Crippen molar-refractivity contribution in [1.82, 2.24) is 0 Å². The Labute approximate surface area is 125 Å². The van der Waals surface area contributed by atoms with Gasteiger partial charge in [-0.1, -0.05) is 30.3 Å². The van der Waals surface area contributed by atoms with Crippen LogP contribution in [0, 0.1) is 0 Å². The number of aliphatic carboxylic acids is 1. The van der Waals surface area contributed by atoms with E-state index in [0.717, 1.165) is 11.0 Å². The number of carboxylic acids is 1. The zero-order valence-corrected chi connectivity index (χ0v) is 12.9. The van der Waals surface area contributed by atoms with Crippen LogP contribution in [0.2, 0.25) is 0 Å². The van der Waals surface area contributed by atoms with Gasteiger partial charge < -0.3 is 19.4 Å². The van der Waals surface area contributed by atoms with Crippen molar-refractivity contribution in [2.45, 2.75) is 13.0 Å². The lowest BCUT2D eigenvalue weighted by atomic mass is 10.1. The fourth-order valence-electron chi connectivity index (χ4n) is 1.24. The summed E-state index contributed by atoms with van der Waals surface area (Å²) in [5.74, 6) is -1.43. The van der Waals surface area contributed by atoms with E-state index in [1.54, 1.807) is 30.3 Å². The van der Waals surface area contributed by atoms with Gasteiger partial charge in [-0.2, -0.15) is 0 Å². The van der Waals surface area contributed by atoms with E-state index < -0.39 is 12.1 Å². The zero-order chi connectivity index (χ0) is 16.5. The predicted octanol–water partition coefficient (Wildman–Crippen LogP) is 1.06. The third kappa shape index (κ3) is 10.5. The Bertz CT molecular complexity index is 439. The molecule has 0 bridgehead atoms. The number of esters is 1. The molecule has 0 amide bonds. The summed E-state index contributed by atoms with van der Waals surface area (Å²) in [6.07, 6.45) is -1.41. The highest BCUT2D eigenvalue weighted by molar-refractivity contribution is 5.73. The van der Waals surface area contributed by atoms with Crippen LogP contribution in [-0.2, 0) is 14.3 Å². The number of rotatable bonds is 5. The van der Waals surface area contributed by atoms with Crippen LogP contribution in [-0.4, -0.2) is 60.9 Å². The van der Waals surface area contributed by atoms with Gasteiger partial charge in [0.15, 0.2) is 6.10 Å². The molecule has 6 heteroatoms. The summed E-state index contributed by atoms with van der Waals surface area (Å²) in [6.45, 7) is 2.80. The van der Waals surface area contributed by atoms with Crippen molar-refractivity contribution >= 4 is 11.9 Å². The van der Waals surface area contributed by atoms with Crippen LogP contribution < -0.4 is 0 Å². The van der Waals surface area contributed by atoms with E-state index in [4.69, 9.17) is 14.9 Å². The lowest BCUT2D eigenvalue weighted by Crippen LogP contribution is -2.37. The van der Waals surface area contributed by atoms with Gasteiger partial charge in [0, 0.05) is 6.92 Å². The highest BCUT2D eigenvalue weighted by Gasteiger charge is 2.14. The van der Waals surface area contributed by atoms with Crippen molar-refractivity contribution in [2.75, 3.05) is 34.3 Å². The number of ether oxygens (including phenoxy) is 1. The summed E-state index contributed by atoms with van der Waals surface area (Å²) >= 11 is 0. The summed E-state index contributed by atoms with van der Waals surface area (Å²) in [5, 5.41) is 17.4. The Hall–Kier alpha value is -1.92. The lowest BCUT2D eigenvalue weighted by molar-refractivity contribution is -0.870. The summed E-state index contributed by atoms with van der Waals surface area (Å²) in [7, 11) is 6.18. The first-order valence-electron chi connectivity index (χ1n) is 6.53. The molecule has 0 saturated heterocycles. The van der Waals surface area contributed by atoms with E-state index in [9.17, 15) is 9.59 Å². The molecule has 1 rings (SSSR count). The molecule has 0 aromatic heterocycles. The molecule has 0 heterocycles. The fourth-order valence-corrected chi connectivity index (χ4v) is 1.24. The molecular weight excluding hydrogens is 274 g/mol. The van der Waals surface area contributed by atoms with E-state index >= 15 is 0 Å². The number of carbonyl (C=O) groups excluding carboxylic acids is 1. The van der Waals surface area contributed by atoms with Gasteiger partial charge in [-0.25, -0.2) is 4.79 Å². The Morgan fingerprint density at radius 2 is 1.71 bits per heavy atom. The second kappa shape index (κ2) is 9.10. The van der Waals surface area contributed by atoms with E-state index in [-0.39, 0.29) is 5.97 Å². The Morgan fingerprint density at radius 3 is 2.10 bits per heavy atom. The van der Waals surface area contributed by atoms with E-state index in [1.165, 1.54) is 6.92 Å². The molecule has 0 fully saturated rings. The molecule has 21 heavy (non-hydrogen) atoms. The number of likely N-dealkylation sites (N-methyl/N-ethyl adjacent to an activating group) is 1. The molecule has 6 nitrogen and oxygen atoms in total. The topological polar surface area (TPSA) is 83.8 Å². The summed E-state index contributed by atoms with van der Waals surface area (Å²) in [4.78, 5) is 20.6. The first-order valence-corrected chi connectivity index (χ1v) is 6.53. The smallest absolute Gasteiger partial charge is 0.337 e. The van der Waals surface area contributed by atoms with E-state index in [0.29, 0.717) is 12.2 Å². The monoisotopic (exact) mass is 298 g/mol. The number of hydrogen-bond donors (Lipinski definition) is 2. The summed E-state index contributed by atoms with van der Waals surface area (Å²) in [6, 6.07) is 8.26. The molecule has 0 spiro atoms.